The first-order chi connectivity index (χ1) is 10.5. The molecule has 1 saturated heterocycles. The van der Waals surface area contributed by atoms with Crippen LogP contribution in [0.25, 0.3) is 0 Å². The van der Waals surface area contributed by atoms with Crippen LogP contribution in [0, 0.1) is 10.1 Å². The third-order valence-corrected chi connectivity index (χ3v) is 4.82. The highest BCUT2D eigenvalue weighted by Gasteiger charge is 2.33. The molecule has 0 amide bonds. The van der Waals surface area contributed by atoms with Crippen LogP contribution in [-0.2, 0) is 10.2 Å². The van der Waals surface area contributed by atoms with Crippen LogP contribution >= 0.6 is 0 Å². The van der Waals surface area contributed by atoms with E-state index in [9.17, 15) is 18.5 Å². The number of amidine groups is 1. The molecular weight excluding hydrogens is 308 g/mol. The van der Waals surface area contributed by atoms with Gasteiger partial charge in [0.25, 0.3) is 5.69 Å². The first-order valence-corrected chi connectivity index (χ1v) is 8.52. The SMILES string of the molecule is O=[N+]([O-])c1ccc([C@H]2NS(=O)(=O)N=C3CCCCCN32)cc1. The van der Waals surface area contributed by atoms with Gasteiger partial charge in [-0.3, -0.25) is 10.1 Å². The van der Waals surface area contributed by atoms with Crippen LogP contribution in [0.1, 0.15) is 37.4 Å². The van der Waals surface area contributed by atoms with Crippen LogP contribution in [-0.4, -0.2) is 30.6 Å². The van der Waals surface area contributed by atoms with Crippen LogP contribution in [0.2, 0.25) is 0 Å². The van der Waals surface area contributed by atoms with E-state index in [-0.39, 0.29) is 5.69 Å². The molecule has 1 fully saturated rings. The van der Waals surface area contributed by atoms with Gasteiger partial charge in [-0.1, -0.05) is 6.42 Å². The van der Waals surface area contributed by atoms with E-state index in [1.807, 2.05) is 4.90 Å². The highest BCUT2D eigenvalue weighted by molar-refractivity contribution is 7.88. The second kappa shape index (κ2) is 5.65. The van der Waals surface area contributed by atoms with Crippen molar-refractivity contribution in [3.05, 3.63) is 39.9 Å². The van der Waals surface area contributed by atoms with Crippen molar-refractivity contribution < 1.29 is 13.3 Å². The molecular formula is C13H16N4O4S. The number of nitro groups is 1. The smallest absolute Gasteiger partial charge is 0.323 e. The maximum absolute atomic E-state index is 11.9. The molecule has 1 atom stereocenters. The molecule has 0 spiro atoms. The van der Waals surface area contributed by atoms with Crippen molar-refractivity contribution in [2.75, 3.05) is 6.54 Å². The van der Waals surface area contributed by atoms with Crippen molar-refractivity contribution in [1.29, 1.82) is 0 Å². The summed E-state index contributed by atoms with van der Waals surface area (Å²) in [7, 11) is -3.73. The zero-order valence-electron chi connectivity index (χ0n) is 11.8. The highest BCUT2D eigenvalue weighted by atomic mass is 32.2. The molecule has 2 aliphatic rings. The minimum Gasteiger partial charge on any atom is -0.339 e. The predicted octanol–water partition coefficient (Wildman–Crippen LogP) is 1.72. The Morgan fingerprint density at radius 1 is 1.23 bits per heavy atom. The number of nitro benzene ring substituents is 1. The summed E-state index contributed by atoms with van der Waals surface area (Å²) in [4.78, 5) is 12.2. The molecule has 9 heteroatoms. The third kappa shape index (κ3) is 2.95. The van der Waals surface area contributed by atoms with Gasteiger partial charge in [0.1, 0.15) is 12.0 Å². The van der Waals surface area contributed by atoms with Crippen molar-refractivity contribution in [3.63, 3.8) is 0 Å². The van der Waals surface area contributed by atoms with Crippen LogP contribution in [0.3, 0.4) is 0 Å². The molecule has 8 nitrogen and oxygen atoms in total. The number of fused-ring (bicyclic) bond motifs is 1. The van der Waals surface area contributed by atoms with Gasteiger partial charge in [-0.25, -0.2) is 0 Å². The Bertz CT molecular complexity index is 714. The summed E-state index contributed by atoms with van der Waals surface area (Å²) in [5.41, 5.74) is 0.649. The maximum atomic E-state index is 11.9. The molecule has 0 bridgehead atoms. The molecule has 0 unspecified atom stereocenters. The number of nitrogens with one attached hydrogen (secondary N) is 1. The molecule has 2 heterocycles. The fourth-order valence-electron chi connectivity index (χ4n) is 2.79. The fraction of sp³-hybridized carbons (Fsp3) is 0.462. The normalized spacial score (nSPS) is 24.1. The summed E-state index contributed by atoms with van der Waals surface area (Å²) in [5.74, 6) is 0.569. The van der Waals surface area contributed by atoms with Gasteiger partial charge in [0.15, 0.2) is 0 Å². The van der Waals surface area contributed by atoms with E-state index in [1.165, 1.54) is 12.1 Å². The second-order valence-electron chi connectivity index (χ2n) is 5.36. The van der Waals surface area contributed by atoms with Gasteiger partial charge < -0.3 is 4.90 Å². The molecule has 3 rings (SSSR count). The first kappa shape index (κ1) is 14.9. The molecule has 1 N–H and O–H groups in total. The third-order valence-electron chi connectivity index (χ3n) is 3.85. The summed E-state index contributed by atoms with van der Waals surface area (Å²) in [6.07, 6.45) is 2.98. The van der Waals surface area contributed by atoms with Crippen molar-refractivity contribution in [1.82, 2.24) is 9.62 Å². The van der Waals surface area contributed by atoms with Gasteiger partial charge in [0.05, 0.1) is 4.92 Å². The molecule has 0 saturated carbocycles. The zero-order chi connectivity index (χ0) is 15.7. The molecule has 2 aliphatic heterocycles. The van der Waals surface area contributed by atoms with E-state index in [0.717, 1.165) is 19.3 Å². The number of non-ortho nitro benzene ring substituents is 1. The maximum Gasteiger partial charge on any atom is 0.323 e. The summed E-state index contributed by atoms with van der Waals surface area (Å²) in [6, 6.07) is 5.93. The number of nitrogens with zero attached hydrogens (tertiary/aromatic N) is 3. The lowest BCUT2D eigenvalue weighted by atomic mass is 10.1. The zero-order valence-corrected chi connectivity index (χ0v) is 12.6. The van der Waals surface area contributed by atoms with Crippen molar-refractivity contribution in [3.8, 4) is 0 Å². The van der Waals surface area contributed by atoms with Crippen molar-refractivity contribution in [2.24, 2.45) is 4.40 Å². The van der Waals surface area contributed by atoms with E-state index >= 15 is 0 Å². The number of benzene rings is 1. The summed E-state index contributed by atoms with van der Waals surface area (Å²) >= 11 is 0. The van der Waals surface area contributed by atoms with Gasteiger partial charge >= 0.3 is 10.2 Å². The highest BCUT2D eigenvalue weighted by Crippen LogP contribution is 2.29. The molecule has 118 valence electrons. The van der Waals surface area contributed by atoms with E-state index in [1.54, 1.807) is 12.1 Å². The Hall–Kier alpha value is -2.00. The lowest BCUT2D eigenvalue weighted by molar-refractivity contribution is -0.384. The quantitative estimate of drug-likeness (QED) is 0.658. The van der Waals surface area contributed by atoms with E-state index in [2.05, 4.69) is 9.12 Å². The Balaban J connectivity index is 1.97. The van der Waals surface area contributed by atoms with Gasteiger partial charge in [-0.2, -0.15) is 13.1 Å². The lowest BCUT2D eigenvalue weighted by Gasteiger charge is -2.36. The molecule has 1 aromatic carbocycles. The standard InChI is InChI=1S/C13H16N4O4S/c18-17(19)11-7-5-10(6-8-11)13-15-22(20,21)14-12-4-2-1-3-9-16(12)13/h5-8,13,15H,1-4,9H2/t13-/m0/s1. The lowest BCUT2D eigenvalue weighted by Crippen LogP contribution is -2.48. The van der Waals surface area contributed by atoms with E-state index in [0.29, 0.717) is 24.4 Å². The average Bonchev–Trinajstić information content (AvgIpc) is 2.70. The van der Waals surface area contributed by atoms with Crippen LogP contribution in [0.4, 0.5) is 5.69 Å². The minimum atomic E-state index is -3.73. The predicted molar refractivity (Wildman–Crippen MR) is 80.5 cm³/mol. The Labute approximate surface area is 128 Å². The van der Waals surface area contributed by atoms with Gasteiger partial charge in [0, 0.05) is 25.1 Å². The average molecular weight is 324 g/mol. The summed E-state index contributed by atoms with van der Waals surface area (Å²) in [5, 5.41) is 10.7. The molecule has 1 aromatic rings. The Morgan fingerprint density at radius 3 is 2.64 bits per heavy atom. The van der Waals surface area contributed by atoms with Crippen LogP contribution in [0.5, 0.6) is 0 Å². The Kier molecular flexibility index (Phi) is 3.83. The molecule has 0 aromatic heterocycles. The van der Waals surface area contributed by atoms with E-state index in [4.69, 9.17) is 0 Å². The summed E-state index contributed by atoms with van der Waals surface area (Å²) in [6.45, 7) is 0.711. The second-order valence-corrected chi connectivity index (χ2v) is 6.72. The van der Waals surface area contributed by atoms with Gasteiger partial charge in [0.2, 0.25) is 0 Å². The topological polar surface area (TPSA) is 105 Å². The minimum absolute atomic E-state index is 0.0211. The van der Waals surface area contributed by atoms with Gasteiger partial charge in [-0.05, 0) is 30.5 Å². The monoisotopic (exact) mass is 324 g/mol. The largest absolute Gasteiger partial charge is 0.339 e. The first-order valence-electron chi connectivity index (χ1n) is 7.08. The van der Waals surface area contributed by atoms with Crippen LogP contribution in [0.15, 0.2) is 28.7 Å². The molecule has 0 radical (unpaired) electrons. The van der Waals surface area contributed by atoms with Gasteiger partial charge in [-0.15, -0.1) is 4.40 Å². The number of rotatable bonds is 2. The molecule has 0 aliphatic carbocycles. The number of hydrogen-bond donors (Lipinski definition) is 1. The number of hydrogen-bond acceptors (Lipinski definition) is 5. The summed E-state index contributed by atoms with van der Waals surface area (Å²) < 4.78 is 30.2. The van der Waals surface area contributed by atoms with E-state index < -0.39 is 21.3 Å². The van der Waals surface area contributed by atoms with Crippen LogP contribution < -0.4 is 4.72 Å². The molecule has 22 heavy (non-hydrogen) atoms. The fourth-order valence-corrected chi connectivity index (χ4v) is 3.86. The van der Waals surface area contributed by atoms with Crippen molar-refractivity contribution >= 4 is 21.7 Å². The Morgan fingerprint density at radius 2 is 1.95 bits per heavy atom. The van der Waals surface area contributed by atoms with Crippen molar-refractivity contribution in [2.45, 2.75) is 31.8 Å².